The number of aromatic amines is 1. The quantitative estimate of drug-likeness (QED) is 0.540. The molecule has 1 aliphatic rings. The van der Waals surface area contributed by atoms with Crippen molar-refractivity contribution in [2.24, 2.45) is 4.99 Å². The Morgan fingerprint density at radius 3 is 2.29 bits per heavy atom. The van der Waals surface area contributed by atoms with Crippen LogP contribution in [0.25, 0.3) is 28.1 Å². The smallest absolute Gasteiger partial charge is 0.285 e. The Morgan fingerprint density at radius 1 is 0.935 bits per heavy atom. The molecule has 3 heterocycles. The van der Waals surface area contributed by atoms with E-state index in [4.69, 9.17) is 0 Å². The number of pyridine rings is 1. The number of hydrogen-bond acceptors (Lipinski definition) is 3. The highest BCUT2D eigenvalue weighted by Crippen LogP contribution is 2.32. The monoisotopic (exact) mass is 440 g/mol. The molecule has 1 N–H and O–H groups in total. The van der Waals surface area contributed by atoms with Crippen molar-refractivity contribution in [2.45, 2.75) is 32.7 Å². The number of H-pyrrole nitrogens is 1. The Morgan fingerprint density at radius 2 is 1.68 bits per heavy atom. The number of aliphatic imine (C=N–C) groups is 1. The van der Waals surface area contributed by atoms with Crippen LogP contribution in [0.4, 0.5) is 13.2 Å². The van der Waals surface area contributed by atoms with E-state index in [0.717, 1.165) is 28.5 Å². The maximum absolute atomic E-state index is 13.1. The summed E-state index contributed by atoms with van der Waals surface area (Å²) in [6, 6.07) is 13.1. The summed E-state index contributed by atoms with van der Waals surface area (Å²) in [5.74, 6) is 0. The van der Waals surface area contributed by atoms with Crippen LogP contribution in [0.3, 0.4) is 0 Å². The standard InChI is InChI=1S/C23H23F3N4Si/c1-14-8-17(13-27-14)19-10-16(15-6-5-7-18(9-15)31(2,3)4)11-20(28-19)21-12-22(30-29-21)23(24,25)26/h5-12H,13H2,1-4H3,(H,29,30). The van der Waals surface area contributed by atoms with Gasteiger partial charge in [0, 0.05) is 11.3 Å². The van der Waals surface area contributed by atoms with E-state index in [1.807, 2.05) is 31.2 Å². The van der Waals surface area contributed by atoms with E-state index in [1.54, 1.807) is 6.07 Å². The van der Waals surface area contributed by atoms with E-state index in [2.05, 4.69) is 51.9 Å². The molecule has 31 heavy (non-hydrogen) atoms. The van der Waals surface area contributed by atoms with Gasteiger partial charge in [0.05, 0.1) is 26.0 Å². The first-order valence-electron chi connectivity index (χ1n) is 9.99. The maximum atomic E-state index is 13.1. The second kappa shape index (κ2) is 7.60. The Kier molecular flexibility index (Phi) is 5.21. The second-order valence-corrected chi connectivity index (χ2v) is 13.8. The molecule has 0 saturated heterocycles. The minimum atomic E-state index is -4.49. The van der Waals surface area contributed by atoms with Crippen molar-refractivity contribution in [3.63, 3.8) is 0 Å². The molecule has 1 aromatic carbocycles. The molecule has 0 fully saturated rings. The Hall–Kier alpha value is -3.00. The van der Waals surface area contributed by atoms with Crippen LogP contribution in [0.15, 0.2) is 53.5 Å². The lowest BCUT2D eigenvalue weighted by Crippen LogP contribution is -2.37. The predicted octanol–water partition coefficient (Wildman–Crippen LogP) is 5.56. The summed E-state index contributed by atoms with van der Waals surface area (Å²) in [7, 11) is -1.53. The number of benzene rings is 1. The first kappa shape index (κ1) is 21.2. The van der Waals surface area contributed by atoms with Gasteiger partial charge in [-0.15, -0.1) is 0 Å². The van der Waals surface area contributed by atoms with Crippen molar-refractivity contribution < 1.29 is 13.2 Å². The van der Waals surface area contributed by atoms with Crippen LogP contribution in [0.2, 0.25) is 19.6 Å². The fourth-order valence-corrected chi connectivity index (χ4v) is 4.65. The van der Waals surface area contributed by atoms with Gasteiger partial charge in [0.2, 0.25) is 0 Å². The zero-order valence-corrected chi connectivity index (χ0v) is 18.8. The second-order valence-electron chi connectivity index (χ2n) is 8.75. The van der Waals surface area contributed by atoms with Crippen LogP contribution >= 0.6 is 0 Å². The molecule has 0 radical (unpaired) electrons. The predicted molar refractivity (Wildman–Crippen MR) is 121 cm³/mol. The zero-order chi connectivity index (χ0) is 22.4. The lowest BCUT2D eigenvalue weighted by Gasteiger charge is -2.18. The van der Waals surface area contributed by atoms with Crippen LogP contribution in [0, 0.1) is 0 Å². The van der Waals surface area contributed by atoms with Gasteiger partial charge in [-0.05, 0) is 42.3 Å². The van der Waals surface area contributed by atoms with E-state index >= 15 is 0 Å². The highest BCUT2D eigenvalue weighted by Gasteiger charge is 2.33. The van der Waals surface area contributed by atoms with Gasteiger partial charge in [-0.25, -0.2) is 4.98 Å². The van der Waals surface area contributed by atoms with Crippen molar-refractivity contribution in [3.8, 4) is 22.5 Å². The SMILES string of the molecule is CC1=NCC(c2cc(-c3cccc([Si](C)(C)C)c3)cc(-c3cc(C(F)(F)F)[nH]n3)n2)=C1. The third-order valence-corrected chi connectivity index (χ3v) is 7.29. The van der Waals surface area contributed by atoms with Crippen LogP contribution in [0.5, 0.6) is 0 Å². The van der Waals surface area contributed by atoms with Gasteiger partial charge >= 0.3 is 6.18 Å². The summed E-state index contributed by atoms with van der Waals surface area (Å²) in [4.78, 5) is 9.03. The number of rotatable bonds is 4. The summed E-state index contributed by atoms with van der Waals surface area (Å²) in [6.07, 6.45) is -2.53. The molecule has 3 aromatic rings. The fourth-order valence-electron chi connectivity index (χ4n) is 3.46. The van der Waals surface area contributed by atoms with Gasteiger partial charge in [0.25, 0.3) is 0 Å². The van der Waals surface area contributed by atoms with Gasteiger partial charge in [0.15, 0.2) is 0 Å². The first-order chi connectivity index (χ1) is 14.5. The Balaban J connectivity index is 1.85. The molecule has 0 spiro atoms. The number of halogens is 3. The molecule has 4 nitrogen and oxygen atoms in total. The van der Waals surface area contributed by atoms with E-state index in [9.17, 15) is 13.2 Å². The van der Waals surface area contributed by atoms with Crippen molar-refractivity contribution in [2.75, 3.05) is 6.54 Å². The van der Waals surface area contributed by atoms with E-state index in [0.29, 0.717) is 17.9 Å². The maximum Gasteiger partial charge on any atom is 0.432 e. The molecule has 160 valence electrons. The molecule has 2 aromatic heterocycles. The molecule has 8 heteroatoms. The van der Waals surface area contributed by atoms with Crippen molar-refractivity contribution >= 4 is 24.5 Å². The minimum absolute atomic E-state index is 0.160. The summed E-state index contributed by atoms with van der Waals surface area (Å²) in [5.41, 5.74) is 4.10. The lowest BCUT2D eigenvalue weighted by atomic mass is 10.0. The van der Waals surface area contributed by atoms with E-state index in [1.165, 1.54) is 5.19 Å². The van der Waals surface area contributed by atoms with Crippen LogP contribution in [0.1, 0.15) is 18.3 Å². The molecule has 0 atom stereocenters. The highest BCUT2D eigenvalue weighted by molar-refractivity contribution is 6.88. The summed E-state index contributed by atoms with van der Waals surface area (Å²) in [6.45, 7) is 9.26. The van der Waals surface area contributed by atoms with Gasteiger partial charge in [0.1, 0.15) is 11.4 Å². The fraction of sp³-hybridized carbons (Fsp3) is 0.261. The minimum Gasteiger partial charge on any atom is -0.285 e. The average molecular weight is 441 g/mol. The topological polar surface area (TPSA) is 53.9 Å². The molecule has 0 amide bonds. The Bertz CT molecular complexity index is 1200. The van der Waals surface area contributed by atoms with Crippen LogP contribution in [-0.2, 0) is 6.18 Å². The first-order valence-corrected chi connectivity index (χ1v) is 13.5. The van der Waals surface area contributed by atoms with Crippen LogP contribution < -0.4 is 5.19 Å². The molecule has 1 aliphatic heterocycles. The van der Waals surface area contributed by atoms with Crippen molar-refractivity contribution in [1.82, 2.24) is 15.2 Å². The third-order valence-electron chi connectivity index (χ3n) is 5.24. The number of hydrogen-bond donors (Lipinski definition) is 1. The highest BCUT2D eigenvalue weighted by atomic mass is 28.3. The van der Waals surface area contributed by atoms with Crippen molar-refractivity contribution in [1.29, 1.82) is 0 Å². The molecule has 0 aliphatic carbocycles. The van der Waals surface area contributed by atoms with Gasteiger partial charge < -0.3 is 0 Å². The van der Waals surface area contributed by atoms with Crippen LogP contribution in [-0.4, -0.2) is 35.5 Å². The lowest BCUT2D eigenvalue weighted by molar-refractivity contribution is -0.141. The summed E-state index contributed by atoms with van der Waals surface area (Å²) in [5, 5.41) is 7.27. The molecule has 0 unspecified atom stereocenters. The van der Waals surface area contributed by atoms with Gasteiger partial charge in [-0.3, -0.25) is 10.1 Å². The van der Waals surface area contributed by atoms with E-state index < -0.39 is 19.9 Å². The largest absolute Gasteiger partial charge is 0.432 e. The molecule has 0 bridgehead atoms. The number of nitrogens with one attached hydrogen (secondary N) is 1. The molecular weight excluding hydrogens is 417 g/mol. The summed E-state index contributed by atoms with van der Waals surface area (Å²) >= 11 is 0. The normalized spacial score (nSPS) is 14.5. The average Bonchev–Trinajstić information content (AvgIpc) is 3.36. The molecular formula is C23H23F3N4Si. The Labute approximate surface area is 180 Å². The van der Waals surface area contributed by atoms with Gasteiger partial charge in [-0.1, -0.05) is 49.1 Å². The van der Waals surface area contributed by atoms with Gasteiger partial charge in [-0.2, -0.15) is 18.3 Å². The molecule has 0 saturated carbocycles. The zero-order valence-electron chi connectivity index (χ0n) is 17.8. The number of allylic oxidation sites excluding steroid dienone is 1. The number of aromatic nitrogens is 3. The van der Waals surface area contributed by atoms with E-state index in [-0.39, 0.29) is 5.69 Å². The van der Waals surface area contributed by atoms with Crippen molar-refractivity contribution in [3.05, 3.63) is 59.9 Å². The third kappa shape index (κ3) is 4.53. The molecule has 4 rings (SSSR count). The summed E-state index contributed by atoms with van der Waals surface area (Å²) < 4.78 is 39.2. The number of alkyl halides is 3. The number of nitrogens with zero attached hydrogens (tertiary/aromatic N) is 3.